The van der Waals surface area contributed by atoms with Crippen LogP contribution in [0.2, 0.25) is 5.15 Å². The van der Waals surface area contributed by atoms with Crippen molar-refractivity contribution in [2.24, 2.45) is 0 Å². The Balaban J connectivity index is 2.35. The Hall–Kier alpha value is -1.99. The highest BCUT2D eigenvalue weighted by molar-refractivity contribution is 7.92. The van der Waals surface area contributed by atoms with Gasteiger partial charge in [-0.1, -0.05) is 11.6 Å². The summed E-state index contributed by atoms with van der Waals surface area (Å²) in [6.45, 7) is 0. The standard InChI is InChI=1S/C11H10ClN3O3S/c12-11-5-7(3-4-14-11)15-19(17,18)8-1-2-10(16)9(13)6-8/h1-6,16H,13H2,(H,14,15). The van der Waals surface area contributed by atoms with Crippen LogP contribution in [-0.2, 0) is 10.0 Å². The Kier molecular flexibility index (Phi) is 3.50. The lowest BCUT2D eigenvalue weighted by Gasteiger charge is -2.09. The molecular weight excluding hydrogens is 290 g/mol. The van der Waals surface area contributed by atoms with Crippen molar-refractivity contribution >= 4 is 33.0 Å². The Morgan fingerprint density at radius 2 is 2.00 bits per heavy atom. The summed E-state index contributed by atoms with van der Waals surface area (Å²) in [6, 6.07) is 6.47. The summed E-state index contributed by atoms with van der Waals surface area (Å²) in [6.07, 6.45) is 1.38. The highest BCUT2D eigenvalue weighted by Gasteiger charge is 2.15. The molecule has 2 aromatic rings. The van der Waals surface area contributed by atoms with Crippen LogP contribution in [0, 0.1) is 0 Å². The van der Waals surface area contributed by atoms with Crippen molar-refractivity contribution in [2.75, 3.05) is 10.5 Å². The fourth-order valence-electron chi connectivity index (χ4n) is 1.38. The van der Waals surface area contributed by atoms with Crippen molar-refractivity contribution in [3.63, 3.8) is 0 Å². The minimum absolute atomic E-state index is 0.0179. The zero-order chi connectivity index (χ0) is 14.0. The molecule has 1 heterocycles. The maximum absolute atomic E-state index is 12.1. The van der Waals surface area contributed by atoms with E-state index in [1.807, 2.05) is 0 Å². The van der Waals surface area contributed by atoms with E-state index in [0.29, 0.717) is 0 Å². The van der Waals surface area contributed by atoms with Gasteiger partial charge in [-0.15, -0.1) is 0 Å². The molecule has 0 saturated carbocycles. The molecule has 6 nitrogen and oxygen atoms in total. The third-order valence-corrected chi connectivity index (χ3v) is 3.87. The van der Waals surface area contributed by atoms with Gasteiger partial charge in [-0.3, -0.25) is 4.72 Å². The smallest absolute Gasteiger partial charge is 0.261 e. The number of hydrogen-bond acceptors (Lipinski definition) is 5. The predicted octanol–water partition coefficient (Wildman–Crippen LogP) is 1.82. The van der Waals surface area contributed by atoms with Crippen molar-refractivity contribution in [1.29, 1.82) is 0 Å². The number of nitrogens with zero attached hydrogens (tertiary/aromatic N) is 1. The number of phenolic OH excluding ortho intramolecular Hbond substituents is 1. The number of aromatic nitrogens is 1. The topological polar surface area (TPSA) is 105 Å². The highest BCUT2D eigenvalue weighted by Crippen LogP contribution is 2.24. The molecule has 0 aliphatic rings. The Morgan fingerprint density at radius 1 is 1.26 bits per heavy atom. The zero-order valence-corrected chi connectivity index (χ0v) is 11.1. The molecule has 100 valence electrons. The normalized spacial score (nSPS) is 11.2. The van der Waals surface area contributed by atoms with Gasteiger partial charge in [0.05, 0.1) is 16.3 Å². The van der Waals surface area contributed by atoms with Gasteiger partial charge < -0.3 is 10.8 Å². The summed E-state index contributed by atoms with van der Waals surface area (Å²) in [4.78, 5) is 3.69. The SMILES string of the molecule is Nc1cc(S(=O)(=O)Nc2ccnc(Cl)c2)ccc1O. The molecule has 0 saturated heterocycles. The molecule has 0 unspecified atom stereocenters. The van der Waals surface area contributed by atoms with Gasteiger partial charge in [-0.25, -0.2) is 13.4 Å². The van der Waals surface area contributed by atoms with Crippen molar-refractivity contribution in [3.05, 3.63) is 41.7 Å². The number of pyridine rings is 1. The van der Waals surface area contributed by atoms with Gasteiger partial charge in [0, 0.05) is 6.20 Å². The third-order valence-electron chi connectivity index (χ3n) is 2.29. The van der Waals surface area contributed by atoms with E-state index in [4.69, 9.17) is 17.3 Å². The Morgan fingerprint density at radius 3 is 2.63 bits per heavy atom. The van der Waals surface area contributed by atoms with Crippen molar-refractivity contribution in [1.82, 2.24) is 4.98 Å². The van der Waals surface area contributed by atoms with Crippen molar-refractivity contribution in [3.8, 4) is 5.75 Å². The fourth-order valence-corrected chi connectivity index (χ4v) is 2.64. The molecule has 1 aromatic heterocycles. The van der Waals surface area contributed by atoms with E-state index in [0.717, 1.165) is 0 Å². The monoisotopic (exact) mass is 299 g/mol. The van der Waals surface area contributed by atoms with Gasteiger partial charge in [0.2, 0.25) is 0 Å². The molecule has 0 radical (unpaired) electrons. The number of sulfonamides is 1. The van der Waals surface area contributed by atoms with Crippen LogP contribution in [0.25, 0.3) is 0 Å². The maximum Gasteiger partial charge on any atom is 0.261 e. The highest BCUT2D eigenvalue weighted by atomic mass is 35.5. The first-order valence-corrected chi connectivity index (χ1v) is 6.97. The molecule has 0 aliphatic heterocycles. The van der Waals surface area contributed by atoms with Gasteiger partial charge in [-0.05, 0) is 30.3 Å². The van der Waals surface area contributed by atoms with Gasteiger partial charge >= 0.3 is 0 Å². The molecule has 0 fully saturated rings. The molecule has 0 amide bonds. The van der Waals surface area contributed by atoms with Crippen LogP contribution in [0.5, 0.6) is 5.75 Å². The first kappa shape index (κ1) is 13.4. The second-order valence-electron chi connectivity index (χ2n) is 3.69. The summed E-state index contributed by atoms with van der Waals surface area (Å²) in [7, 11) is -3.80. The maximum atomic E-state index is 12.1. The van der Waals surface area contributed by atoms with Crippen LogP contribution in [0.3, 0.4) is 0 Å². The zero-order valence-electron chi connectivity index (χ0n) is 9.54. The lowest BCUT2D eigenvalue weighted by Crippen LogP contribution is -2.13. The summed E-state index contributed by atoms with van der Waals surface area (Å²) in [5, 5.41) is 9.44. The molecule has 0 bridgehead atoms. The van der Waals surface area contributed by atoms with Crippen LogP contribution in [0.1, 0.15) is 0 Å². The lowest BCUT2D eigenvalue weighted by molar-refractivity contribution is 0.477. The largest absolute Gasteiger partial charge is 0.506 e. The van der Waals surface area contributed by atoms with Gasteiger partial charge in [0.15, 0.2) is 0 Å². The van der Waals surface area contributed by atoms with Gasteiger partial charge in [0.1, 0.15) is 10.9 Å². The first-order valence-electron chi connectivity index (χ1n) is 5.11. The van der Waals surface area contributed by atoms with E-state index >= 15 is 0 Å². The van der Waals surface area contributed by atoms with Gasteiger partial charge in [-0.2, -0.15) is 0 Å². The minimum atomic E-state index is -3.80. The Labute approximate surface area is 114 Å². The van der Waals surface area contributed by atoms with E-state index < -0.39 is 10.0 Å². The van der Waals surface area contributed by atoms with E-state index in [9.17, 15) is 13.5 Å². The summed E-state index contributed by atoms with van der Waals surface area (Å²) in [5.74, 6) is -0.175. The van der Waals surface area contributed by atoms with Crippen LogP contribution in [0.4, 0.5) is 11.4 Å². The second kappa shape index (κ2) is 4.94. The lowest BCUT2D eigenvalue weighted by atomic mass is 10.3. The summed E-state index contributed by atoms with van der Waals surface area (Å²) >= 11 is 5.67. The number of rotatable bonds is 3. The number of nitrogens with one attached hydrogen (secondary N) is 1. The first-order chi connectivity index (χ1) is 8.88. The minimum Gasteiger partial charge on any atom is -0.506 e. The molecule has 0 aliphatic carbocycles. The van der Waals surface area contributed by atoms with Crippen LogP contribution >= 0.6 is 11.6 Å². The molecule has 2 rings (SSSR count). The van der Waals surface area contributed by atoms with Crippen molar-refractivity contribution in [2.45, 2.75) is 4.90 Å². The number of nitrogen functional groups attached to an aromatic ring is 1. The number of halogens is 1. The quantitative estimate of drug-likeness (QED) is 0.455. The fraction of sp³-hybridized carbons (Fsp3) is 0. The van der Waals surface area contributed by atoms with Crippen molar-refractivity contribution < 1.29 is 13.5 Å². The van der Waals surface area contributed by atoms with E-state index in [1.165, 1.54) is 36.5 Å². The number of benzene rings is 1. The average Bonchev–Trinajstić information content (AvgIpc) is 2.32. The van der Waals surface area contributed by atoms with E-state index in [1.54, 1.807) is 0 Å². The molecule has 0 atom stereocenters. The van der Waals surface area contributed by atoms with Gasteiger partial charge in [0.25, 0.3) is 10.0 Å². The number of aromatic hydroxyl groups is 1. The molecular formula is C11H10ClN3O3S. The van der Waals surface area contributed by atoms with Crippen LogP contribution < -0.4 is 10.5 Å². The average molecular weight is 300 g/mol. The Bertz CT molecular complexity index is 719. The molecule has 19 heavy (non-hydrogen) atoms. The molecule has 4 N–H and O–H groups in total. The number of phenols is 1. The predicted molar refractivity (Wildman–Crippen MR) is 72.6 cm³/mol. The third kappa shape index (κ3) is 3.07. The summed E-state index contributed by atoms with van der Waals surface area (Å²) in [5.41, 5.74) is 5.73. The molecule has 0 spiro atoms. The molecule has 8 heteroatoms. The summed E-state index contributed by atoms with van der Waals surface area (Å²) < 4.78 is 26.5. The second-order valence-corrected chi connectivity index (χ2v) is 5.76. The van der Waals surface area contributed by atoms with E-state index in [2.05, 4.69) is 9.71 Å². The number of anilines is 2. The van der Waals surface area contributed by atoms with Crippen LogP contribution in [-0.4, -0.2) is 18.5 Å². The van der Waals surface area contributed by atoms with E-state index in [-0.39, 0.29) is 27.2 Å². The van der Waals surface area contributed by atoms with Crippen LogP contribution in [0.15, 0.2) is 41.4 Å². The molecule has 1 aromatic carbocycles. The number of nitrogens with two attached hydrogens (primary N) is 1. The number of hydrogen-bond donors (Lipinski definition) is 3.